The van der Waals surface area contributed by atoms with Gasteiger partial charge in [0.05, 0.1) is 11.3 Å². The van der Waals surface area contributed by atoms with Crippen LogP contribution in [0, 0.1) is 6.85 Å². The lowest BCUT2D eigenvalue weighted by atomic mass is 9.35. The number of hydrogen-bond donors (Lipinski definition) is 0. The van der Waals surface area contributed by atoms with Crippen LogP contribution in [0.25, 0.3) is 21.9 Å². The Kier molecular flexibility index (Phi) is 7.65. The second-order valence-electron chi connectivity index (χ2n) is 23.0. The minimum Gasteiger partial charge on any atom is -0.468 e. The molecule has 5 heteroatoms. The number of nitrogens with zero attached hydrogens (tertiary/aromatic N) is 2. The number of fused-ring (bicyclic) bond motifs is 9. The monoisotopic (exact) mass is 856 g/mol. The van der Waals surface area contributed by atoms with Gasteiger partial charge in [0.25, 0.3) is 6.71 Å². The van der Waals surface area contributed by atoms with E-state index < -0.39 is 6.85 Å². The minimum atomic E-state index is -2.40. The van der Waals surface area contributed by atoms with Crippen molar-refractivity contribution in [1.29, 1.82) is 0 Å². The van der Waals surface area contributed by atoms with Crippen LogP contribution in [0.15, 0.2) is 130 Å². The van der Waals surface area contributed by atoms with E-state index in [2.05, 4.69) is 188 Å². The van der Waals surface area contributed by atoms with Crippen molar-refractivity contribution in [2.45, 2.75) is 129 Å². The second kappa shape index (κ2) is 13.3. The molecule has 1 fully saturated rings. The fourth-order valence-electron chi connectivity index (χ4n) is 12.1. The van der Waals surface area contributed by atoms with Gasteiger partial charge in [-0.3, -0.25) is 0 Å². The molecule has 0 amide bonds. The van der Waals surface area contributed by atoms with Crippen molar-refractivity contribution in [1.82, 2.24) is 0 Å². The number of benzene rings is 6. The Hall–Kier alpha value is -5.94. The third-order valence-corrected chi connectivity index (χ3v) is 16.3. The zero-order valence-corrected chi connectivity index (χ0v) is 39.7. The normalized spacial score (nSPS) is 20.9. The largest absolute Gasteiger partial charge is 0.468 e. The lowest BCUT2D eigenvalue weighted by molar-refractivity contribution is 0.161. The first-order valence-corrected chi connectivity index (χ1v) is 23.8. The van der Waals surface area contributed by atoms with Crippen LogP contribution in [0.3, 0.4) is 0 Å². The van der Waals surface area contributed by atoms with Crippen molar-refractivity contribution < 1.29 is 12.9 Å². The van der Waals surface area contributed by atoms with E-state index in [0.29, 0.717) is 5.56 Å². The van der Waals surface area contributed by atoms with Crippen LogP contribution in [0.4, 0.5) is 34.1 Å². The van der Waals surface area contributed by atoms with E-state index in [1.807, 2.05) is 12.1 Å². The Morgan fingerprint density at radius 2 is 1.14 bits per heavy atom. The van der Waals surface area contributed by atoms with Gasteiger partial charge >= 0.3 is 0 Å². The number of aryl methyl sites for hydroxylation is 1. The van der Waals surface area contributed by atoms with Gasteiger partial charge in [0.2, 0.25) is 0 Å². The predicted octanol–water partition coefficient (Wildman–Crippen LogP) is 14.6. The summed E-state index contributed by atoms with van der Waals surface area (Å²) in [6.07, 6.45) is 4.51. The van der Waals surface area contributed by atoms with Gasteiger partial charge in [0, 0.05) is 59.7 Å². The Labute approximate surface area is 390 Å². The minimum absolute atomic E-state index is 0.00907. The second-order valence-corrected chi connectivity index (χ2v) is 23.0. The fraction of sp³-hybridized carbons (Fsp3) is 0.333. The summed E-state index contributed by atoms with van der Waals surface area (Å²) in [5.41, 5.74) is 16.3. The Balaban J connectivity index is 1.20. The Bertz CT molecular complexity index is 3360. The van der Waals surface area contributed by atoms with Crippen LogP contribution >= 0.6 is 0 Å². The van der Waals surface area contributed by atoms with Crippen molar-refractivity contribution >= 4 is 79.4 Å². The highest BCUT2D eigenvalue weighted by molar-refractivity contribution is 7.00. The standard InChI is InChI=1S/C60H61BN2O2/c1-36-31-47-52-48(32-36)63(42-24-19-38(20-25-42)57(5,6)7)53-44-33-40(58(8,9)39-15-13-12-14-16-39)21-26-49(44)65-55(53)61(52)45-35-50-43(51-54(64-50)60(11)29-27-59(51,10)28-30-60)34-46(45)62(47)41-22-17-37(18-23-41)56(2,3)4/h12-26,31-35H,27-30H2,1-11H3/i1D3. The molecule has 3 aliphatic carbocycles. The smallest absolute Gasteiger partial charge is 0.297 e. The molecule has 13 rings (SSSR count). The molecule has 4 heterocycles. The summed E-state index contributed by atoms with van der Waals surface area (Å²) in [5.74, 6) is 1.14. The molecule has 0 spiro atoms. The third kappa shape index (κ3) is 5.82. The molecule has 326 valence electrons. The van der Waals surface area contributed by atoms with Gasteiger partial charge in [0.15, 0.2) is 0 Å². The molecule has 2 bridgehead atoms. The molecular formula is C60H61BN2O2. The molecule has 0 N–H and O–H groups in total. The van der Waals surface area contributed by atoms with Crippen molar-refractivity contribution in [3.05, 3.63) is 160 Å². The summed E-state index contributed by atoms with van der Waals surface area (Å²) in [6.45, 7) is 20.1. The topological polar surface area (TPSA) is 32.8 Å². The molecule has 0 radical (unpaired) electrons. The summed E-state index contributed by atoms with van der Waals surface area (Å²) in [6, 6.07) is 43.6. The average Bonchev–Trinajstić information content (AvgIpc) is 3.89. The fourth-order valence-corrected chi connectivity index (χ4v) is 12.1. The highest BCUT2D eigenvalue weighted by atomic mass is 16.3. The summed E-state index contributed by atoms with van der Waals surface area (Å²) in [4.78, 5) is 4.64. The SMILES string of the molecule is [2H]C([2H])([2H])c1cc2c3c(c1)N(c1ccc(C(C)(C)C)cc1)c1c(oc4ccc(C(C)(C)c5ccccc5)cc14)B3c1cc3oc4c(c3cc1N2c1ccc(C(C)(C)C)cc1)C1(C)CCC4(C)CC1. The zero-order chi connectivity index (χ0) is 47.7. The van der Waals surface area contributed by atoms with Gasteiger partial charge in [-0.05, 0) is 148 Å². The van der Waals surface area contributed by atoms with E-state index in [1.165, 1.54) is 27.8 Å². The predicted molar refractivity (Wildman–Crippen MR) is 274 cm³/mol. The van der Waals surface area contributed by atoms with Gasteiger partial charge in [-0.15, -0.1) is 0 Å². The molecule has 4 nitrogen and oxygen atoms in total. The van der Waals surface area contributed by atoms with Gasteiger partial charge in [-0.25, -0.2) is 0 Å². The van der Waals surface area contributed by atoms with E-state index in [9.17, 15) is 0 Å². The highest BCUT2D eigenvalue weighted by Gasteiger charge is 2.53. The third-order valence-electron chi connectivity index (χ3n) is 16.3. The number of rotatable bonds is 4. The first-order chi connectivity index (χ1) is 32.0. The van der Waals surface area contributed by atoms with Crippen LogP contribution < -0.4 is 26.4 Å². The zero-order valence-electron chi connectivity index (χ0n) is 42.7. The molecular weight excluding hydrogens is 791 g/mol. The van der Waals surface area contributed by atoms with Gasteiger partial charge < -0.3 is 18.6 Å². The van der Waals surface area contributed by atoms with Crippen molar-refractivity contribution in [2.75, 3.05) is 9.80 Å². The van der Waals surface area contributed by atoms with Crippen molar-refractivity contribution in [2.24, 2.45) is 0 Å². The van der Waals surface area contributed by atoms with E-state index in [4.69, 9.17) is 12.9 Å². The summed E-state index contributed by atoms with van der Waals surface area (Å²) < 4.78 is 41.8. The molecule has 8 aromatic rings. The summed E-state index contributed by atoms with van der Waals surface area (Å²) in [7, 11) is 0. The lowest BCUT2D eigenvalue weighted by Gasteiger charge is -2.49. The Morgan fingerprint density at radius 1 is 0.554 bits per heavy atom. The molecule has 65 heavy (non-hydrogen) atoms. The number of anilines is 6. The maximum absolute atomic E-state index is 9.08. The first-order valence-electron chi connectivity index (χ1n) is 25.3. The van der Waals surface area contributed by atoms with Gasteiger partial charge in [-0.2, -0.15) is 0 Å². The van der Waals surface area contributed by atoms with E-state index in [-0.39, 0.29) is 33.8 Å². The molecule has 0 unspecified atom stereocenters. The number of hydrogen-bond acceptors (Lipinski definition) is 4. The molecule has 2 aromatic heterocycles. The van der Waals surface area contributed by atoms with Crippen molar-refractivity contribution in [3.8, 4) is 0 Å². The molecule has 0 saturated heterocycles. The van der Waals surface area contributed by atoms with Crippen LogP contribution in [0.5, 0.6) is 0 Å². The molecule has 0 atom stereocenters. The lowest BCUT2D eigenvalue weighted by Crippen LogP contribution is -2.61. The van der Waals surface area contributed by atoms with Gasteiger partial charge in [-0.1, -0.05) is 130 Å². The van der Waals surface area contributed by atoms with Gasteiger partial charge in [0.1, 0.15) is 16.9 Å². The number of furan rings is 2. The van der Waals surface area contributed by atoms with Crippen LogP contribution in [-0.2, 0) is 27.1 Å². The van der Waals surface area contributed by atoms with E-state index in [1.54, 1.807) is 0 Å². The Morgan fingerprint density at radius 3 is 1.75 bits per heavy atom. The highest BCUT2D eigenvalue weighted by Crippen LogP contribution is 2.60. The van der Waals surface area contributed by atoms with Crippen LogP contribution in [-0.4, -0.2) is 6.71 Å². The molecule has 5 aliphatic rings. The average molecular weight is 856 g/mol. The molecule has 1 saturated carbocycles. The molecule has 6 aromatic carbocycles. The van der Waals surface area contributed by atoms with Crippen molar-refractivity contribution in [3.63, 3.8) is 0 Å². The maximum atomic E-state index is 9.08. The van der Waals surface area contributed by atoms with Crippen LogP contribution in [0.1, 0.15) is 138 Å². The first kappa shape index (κ1) is 37.3. The van der Waals surface area contributed by atoms with Crippen LogP contribution in [0.2, 0.25) is 0 Å². The maximum Gasteiger partial charge on any atom is 0.297 e. The quantitative estimate of drug-likeness (QED) is 0.165. The van der Waals surface area contributed by atoms with E-state index in [0.717, 1.165) is 104 Å². The molecule has 2 aliphatic heterocycles. The van der Waals surface area contributed by atoms with E-state index >= 15 is 0 Å². The summed E-state index contributed by atoms with van der Waals surface area (Å²) >= 11 is 0. The summed E-state index contributed by atoms with van der Waals surface area (Å²) in [5, 5.41) is 2.15.